The Morgan fingerprint density at radius 2 is 1.94 bits per heavy atom. The molecule has 0 amide bonds. The van der Waals surface area contributed by atoms with Gasteiger partial charge in [0, 0.05) is 6.04 Å². The normalized spacial score (nSPS) is 12.7. The largest absolute Gasteiger partial charge is 0.313 e. The van der Waals surface area contributed by atoms with Gasteiger partial charge >= 0.3 is 0 Å². The molecule has 1 nitrogen and oxygen atoms in total. The zero-order chi connectivity index (χ0) is 13.4. The first kappa shape index (κ1) is 15.6. The van der Waals surface area contributed by atoms with E-state index in [1.165, 1.54) is 32.1 Å². The molecule has 1 rings (SSSR count). The van der Waals surface area contributed by atoms with Crippen molar-refractivity contribution in [1.82, 2.24) is 5.32 Å². The number of hydrogen-bond donors (Lipinski definition) is 1. The van der Waals surface area contributed by atoms with Crippen LogP contribution in [0.3, 0.4) is 0 Å². The molecule has 102 valence electrons. The first-order chi connectivity index (χ1) is 8.69. The minimum absolute atomic E-state index is 0.182. The zero-order valence-corrected chi connectivity index (χ0v) is 12.9. The molecule has 0 aliphatic rings. The maximum absolute atomic E-state index is 13.5. The predicted molar refractivity (Wildman–Crippen MR) is 79.3 cm³/mol. The number of halogens is 2. The van der Waals surface area contributed by atoms with Crippen LogP contribution < -0.4 is 5.32 Å². The molecule has 1 aromatic carbocycles. The molecule has 0 heterocycles. The molecular weight excluding hydrogens is 293 g/mol. The van der Waals surface area contributed by atoms with Gasteiger partial charge in [-0.1, -0.05) is 45.1 Å². The van der Waals surface area contributed by atoms with Crippen molar-refractivity contribution in [2.45, 2.75) is 51.5 Å². The summed E-state index contributed by atoms with van der Waals surface area (Å²) < 4.78 is 14.0. The highest BCUT2D eigenvalue weighted by Crippen LogP contribution is 2.24. The Morgan fingerprint density at radius 3 is 2.56 bits per heavy atom. The van der Waals surface area contributed by atoms with Crippen LogP contribution in [0, 0.1) is 5.82 Å². The van der Waals surface area contributed by atoms with Crippen molar-refractivity contribution in [2.24, 2.45) is 0 Å². The highest BCUT2D eigenvalue weighted by molar-refractivity contribution is 9.10. The molecular formula is C15H23BrFN. The Labute approximate surface area is 118 Å². The second kappa shape index (κ2) is 8.65. The van der Waals surface area contributed by atoms with E-state index in [1.54, 1.807) is 12.1 Å². The predicted octanol–water partition coefficient (Wildman–Crippen LogP) is 5.21. The molecule has 0 fully saturated rings. The number of rotatable bonds is 8. The first-order valence-electron chi connectivity index (χ1n) is 6.81. The molecule has 0 bridgehead atoms. The minimum Gasteiger partial charge on any atom is -0.313 e. The van der Waals surface area contributed by atoms with E-state index in [-0.39, 0.29) is 11.9 Å². The molecule has 0 saturated carbocycles. The lowest BCUT2D eigenvalue weighted by Gasteiger charge is -2.17. The monoisotopic (exact) mass is 315 g/mol. The van der Waals surface area contributed by atoms with E-state index in [0.29, 0.717) is 4.47 Å². The van der Waals surface area contributed by atoms with E-state index in [1.807, 2.05) is 13.1 Å². The summed E-state index contributed by atoms with van der Waals surface area (Å²) in [6, 6.07) is 5.65. The van der Waals surface area contributed by atoms with E-state index in [0.717, 1.165) is 12.0 Å². The van der Waals surface area contributed by atoms with Crippen LogP contribution in [0.4, 0.5) is 4.39 Å². The van der Waals surface area contributed by atoms with Crippen LogP contribution in [0.25, 0.3) is 0 Å². The van der Waals surface area contributed by atoms with Crippen LogP contribution in [-0.4, -0.2) is 7.05 Å². The summed E-state index contributed by atoms with van der Waals surface area (Å²) in [7, 11) is 1.94. The van der Waals surface area contributed by atoms with Gasteiger partial charge in [-0.15, -0.1) is 0 Å². The van der Waals surface area contributed by atoms with Crippen molar-refractivity contribution in [2.75, 3.05) is 7.05 Å². The molecule has 0 aromatic heterocycles. The quantitative estimate of drug-likeness (QED) is 0.649. The molecule has 0 aliphatic carbocycles. The van der Waals surface area contributed by atoms with Crippen LogP contribution in [0.1, 0.15) is 57.1 Å². The molecule has 0 spiro atoms. The van der Waals surface area contributed by atoms with Crippen molar-refractivity contribution in [1.29, 1.82) is 0 Å². The fraction of sp³-hybridized carbons (Fsp3) is 0.600. The second-order valence-electron chi connectivity index (χ2n) is 4.72. The number of unbranched alkanes of at least 4 members (excludes halogenated alkanes) is 4. The van der Waals surface area contributed by atoms with Gasteiger partial charge in [-0.05, 0) is 47.1 Å². The van der Waals surface area contributed by atoms with Crippen molar-refractivity contribution < 1.29 is 4.39 Å². The number of nitrogens with one attached hydrogen (secondary N) is 1. The second-order valence-corrected chi connectivity index (χ2v) is 5.57. The van der Waals surface area contributed by atoms with E-state index in [2.05, 4.69) is 28.2 Å². The SMILES string of the molecule is CCCCCCCC(NC)c1ccc(Br)c(F)c1. The van der Waals surface area contributed by atoms with Crippen LogP contribution in [-0.2, 0) is 0 Å². The third-order valence-corrected chi connectivity index (χ3v) is 3.93. The maximum Gasteiger partial charge on any atom is 0.137 e. The van der Waals surface area contributed by atoms with Crippen molar-refractivity contribution in [3.63, 3.8) is 0 Å². The third-order valence-electron chi connectivity index (χ3n) is 3.29. The highest BCUT2D eigenvalue weighted by atomic mass is 79.9. The van der Waals surface area contributed by atoms with Gasteiger partial charge in [0.15, 0.2) is 0 Å². The molecule has 1 atom stereocenters. The average molecular weight is 316 g/mol. The fourth-order valence-electron chi connectivity index (χ4n) is 2.16. The van der Waals surface area contributed by atoms with Gasteiger partial charge in [0.1, 0.15) is 5.82 Å². The van der Waals surface area contributed by atoms with Crippen LogP contribution in [0.15, 0.2) is 22.7 Å². The molecule has 1 N–H and O–H groups in total. The Morgan fingerprint density at radius 1 is 1.22 bits per heavy atom. The lowest BCUT2D eigenvalue weighted by molar-refractivity contribution is 0.497. The standard InChI is InChI=1S/C15H23BrFN/c1-3-4-5-6-7-8-15(18-2)12-9-10-13(16)14(17)11-12/h9-11,15,18H,3-8H2,1-2H3. The van der Waals surface area contributed by atoms with Crippen molar-refractivity contribution in [3.05, 3.63) is 34.1 Å². The zero-order valence-electron chi connectivity index (χ0n) is 11.3. The summed E-state index contributed by atoms with van der Waals surface area (Å²) in [5.74, 6) is -0.182. The van der Waals surface area contributed by atoms with Crippen molar-refractivity contribution in [3.8, 4) is 0 Å². The Hall–Kier alpha value is -0.410. The summed E-state index contributed by atoms with van der Waals surface area (Å²) in [6.07, 6.45) is 7.43. The number of benzene rings is 1. The molecule has 3 heteroatoms. The summed E-state index contributed by atoms with van der Waals surface area (Å²) >= 11 is 3.19. The van der Waals surface area contributed by atoms with Gasteiger partial charge in [0.2, 0.25) is 0 Å². The minimum atomic E-state index is -0.182. The fourth-order valence-corrected chi connectivity index (χ4v) is 2.41. The van der Waals surface area contributed by atoms with Gasteiger partial charge in [-0.2, -0.15) is 0 Å². The lowest BCUT2D eigenvalue weighted by Crippen LogP contribution is -2.16. The van der Waals surface area contributed by atoms with Crippen LogP contribution >= 0.6 is 15.9 Å². The van der Waals surface area contributed by atoms with E-state index in [4.69, 9.17) is 0 Å². The molecule has 1 unspecified atom stereocenters. The highest BCUT2D eigenvalue weighted by Gasteiger charge is 2.10. The van der Waals surface area contributed by atoms with E-state index in [9.17, 15) is 4.39 Å². The van der Waals surface area contributed by atoms with E-state index >= 15 is 0 Å². The summed E-state index contributed by atoms with van der Waals surface area (Å²) in [6.45, 7) is 2.22. The van der Waals surface area contributed by atoms with Crippen LogP contribution in [0.2, 0.25) is 0 Å². The molecule has 0 aliphatic heterocycles. The maximum atomic E-state index is 13.5. The first-order valence-corrected chi connectivity index (χ1v) is 7.60. The third kappa shape index (κ3) is 5.07. The Balaban J connectivity index is 2.47. The summed E-state index contributed by atoms with van der Waals surface area (Å²) in [5.41, 5.74) is 1.04. The molecule has 18 heavy (non-hydrogen) atoms. The topological polar surface area (TPSA) is 12.0 Å². The van der Waals surface area contributed by atoms with Gasteiger partial charge in [0.05, 0.1) is 4.47 Å². The lowest BCUT2D eigenvalue weighted by atomic mass is 10.00. The smallest absolute Gasteiger partial charge is 0.137 e. The van der Waals surface area contributed by atoms with E-state index < -0.39 is 0 Å². The van der Waals surface area contributed by atoms with Gasteiger partial charge in [-0.25, -0.2) is 4.39 Å². The van der Waals surface area contributed by atoms with Crippen molar-refractivity contribution >= 4 is 15.9 Å². The summed E-state index contributed by atoms with van der Waals surface area (Å²) in [5, 5.41) is 3.27. The Kier molecular flexibility index (Phi) is 7.52. The average Bonchev–Trinajstić information content (AvgIpc) is 2.37. The molecule has 1 aromatic rings. The Bertz CT molecular complexity index is 354. The molecule has 0 saturated heterocycles. The molecule has 0 radical (unpaired) electrons. The summed E-state index contributed by atoms with van der Waals surface area (Å²) in [4.78, 5) is 0. The number of hydrogen-bond acceptors (Lipinski definition) is 1. The van der Waals surface area contributed by atoms with Gasteiger partial charge < -0.3 is 5.32 Å². The van der Waals surface area contributed by atoms with Crippen LogP contribution in [0.5, 0.6) is 0 Å². The van der Waals surface area contributed by atoms with Gasteiger partial charge in [0.25, 0.3) is 0 Å². The van der Waals surface area contributed by atoms with Gasteiger partial charge in [-0.3, -0.25) is 0 Å².